The smallest absolute Gasteiger partial charge is 0.0762 e. The third-order valence-electron chi connectivity index (χ3n) is 2.94. The summed E-state index contributed by atoms with van der Waals surface area (Å²) in [6.45, 7) is 5.08. The highest BCUT2D eigenvalue weighted by Gasteiger charge is 2.05. The maximum atomic E-state index is 4.34. The number of benzene rings is 1. The summed E-state index contributed by atoms with van der Waals surface area (Å²) in [6, 6.07) is 11.0. The van der Waals surface area contributed by atoms with Crippen molar-refractivity contribution < 1.29 is 0 Å². The number of aromatic nitrogens is 2. The average Bonchev–Trinajstić information content (AvgIpc) is 2.73. The maximum absolute atomic E-state index is 4.34. The van der Waals surface area contributed by atoms with E-state index in [9.17, 15) is 0 Å². The summed E-state index contributed by atoms with van der Waals surface area (Å²) in [5.74, 6) is 0. The van der Waals surface area contributed by atoms with Gasteiger partial charge in [-0.2, -0.15) is 5.10 Å². The molecule has 1 atom stereocenters. The summed E-state index contributed by atoms with van der Waals surface area (Å²) in [5, 5.41) is 7.82. The molecule has 3 heteroatoms. The minimum absolute atomic E-state index is 0.345. The quantitative estimate of drug-likeness (QED) is 0.873. The predicted octanol–water partition coefficient (Wildman–Crippen LogP) is 2.58. The Bertz CT molecular complexity index is 470. The lowest BCUT2D eigenvalue weighted by atomic mass is 10.1. The van der Waals surface area contributed by atoms with Crippen LogP contribution in [0.4, 0.5) is 0 Å². The fraction of sp³-hybridized carbons (Fsp3) is 0.357. The summed E-state index contributed by atoms with van der Waals surface area (Å²) in [4.78, 5) is 0. The molecule has 1 unspecified atom stereocenters. The number of hydrogen-bond donors (Lipinski definition) is 1. The largest absolute Gasteiger partial charge is 0.304 e. The van der Waals surface area contributed by atoms with Gasteiger partial charge in [0.25, 0.3) is 0 Å². The van der Waals surface area contributed by atoms with E-state index >= 15 is 0 Å². The molecule has 0 radical (unpaired) electrons. The molecule has 0 spiro atoms. The van der Waals surface area contributed by atoms with E-state index in [1.165, 1.54) is 11.1 Å². The van der Waals surface area contributed by atoms with Gasteiger partial charge in [0.1, 0.15) is 0 Å². The lowest BCUT2D eigenvalue weighted by molar-refractivity contribution is 0.562. The number of hydrogen-bond acceptors (Lipinski definition) is 2. The second-order valence-electron chi connectivity index (χ2n) is 4.49. The first kappa shape index (κ1) is 11.9. The molecule has 1 aromatic heterocycles. The van der Waals surface area contributed by atoms with Crippen LogP contribution in [0.2, 0.25) is 0 Å². The third-order valence-corrected chi connectivity index (χ3v) is 2.94. The Labute approximate surface area is 102 Å². The van der Waals surface area contributed by atoms with E-state index in [1.54, 1.807) is 0 Å². The molecule has 3 nitrogen and oxygen atoms in total. The second kappa shape index (κ2) is 5.15. The molecular weight excluding hydrogens is 210 g/mol. The SMILES string of the molecule is Cc1ccc(C(C)NCc2ccn(C)n2)cc1. The highest BCUT2D eigenvalue weighted by Crippen LogP contribution is 2.13. The lowest BCUT2D eigenvalue weighted by Crippen LogP contribution is -2.18. The van der Waals surface area contributed by atoms with Gasteiger partial charge in [-0.3, -0.25) is 4.68 Å². The average molecular weight is 229 g/mol. The minimum Gasteiger partial charge on any atom is -0.304 e. The number of rotatable bonds is 4. The zero-order valence-electron chi connectivity index (χ0n) is 10.6. The summed E-state index contributed by atoms with van der Waals surface area (Å²) in [6.07, 6.45) is 1.97. The molecule has 1 aromatic carbocycles. The molecule has 0 aliphatic carbocycles. The van der Waals surface area contributed by atoms with Crippen molar-refractivity contribution in [2.45, 2.75) is 26.4 Å². The fourth-order valence-electron chi connectivity index (χ4n) is 1.79. The number of aryl methyl sites for hydroxylation is 2. The summed E-state index contributed by atoms with van der Waals surface area (Å²) in [5.41, 5.74) is 3.68. The Morgan fingerprint density at radius 1 is 1.24 bits per heavy atom. The van der Waals surface area contributed by atoms with Crippen molar-refractivity contribution >= 4 is 0 Å². The molecule has 0 amide bonds. The molecule has 0 saturated heterocycles. The second-order valence-corrected chi connectivity index (χ2v) is 4.49. The van der Waals surface area contributed by atoms with Crippen molar-refractivity contribution in [3.8, 4) is 0 Å². The normalized spacial score (nSPS) is 12.6. The Morgan fingerprint density at radius 3 is 2.53 bits per heavy atom. The van der Waals surface area contributed by atoms with Gasteiger partial charge in [0.2, 0.25) is 0 Å². The van der Waals surface area contributed by atoms with Crippen molar-refractivity contribution in [2.24, 2.45) is 7.05 Å². The van der Waals surface area contributed by atoms with Crippen LogP contribution in [0.3, 0.4) is 0 Å². The van der Waals surface area contributed by atoms with E-state index in [0.29, 0.717) is 6.04 Å². The molecule has 0 fully saturated rings. The van der Waals surface area contributed by atoms with Crippen molar-refractivity contribution in [2.75, 3.05) is 0 Å². The van der Waals surface area contributed by atoms with E-state index in [0.717, 1.165) is 12.2 Å². The van der Waals surface area contributed by atoms with Crippen LogP contribution >= 0.6 is 0 Å². The van der Waals surface area contributed by atoms with E-state index < -0.39 is 0 Å². The van der Waals surface area contributed by atoms with Gasteiger partial charge in [-0.05, 0) is 25.5 Å². The van der Waals surface area contributed by atoms with Crippen molar-refractivity contribution in [3.05, 3.63) is 53.3 Å². The van der Waals surface area contributed by atoms with Gasteiger partial charge in [-0.15, -0.1) is 0 Å². The minimum atomic E-state index is 0.345. The molecular formula is C14H19N3. The molecule has 0 bridgehead atoms. The van der Waals surface area contributed by atoms with E-state index in [-0.39, 0.29) is 0 Å². The Hall–Kier alpha value is -1.61. The van der Waals surface area contributed by atoms with Crippen molar-refractivity contribution in [1.82, 2.24) is 15.1 Å². The van der Waals surface area contributed by atoms with Crippen LogP contribution in [-0.2, 0) is 13.6 Å². The first-order chi connectivity index (χ1) is 8.15. The third kappa shape index (κ3) is 3.17. The van der Waals surface area contributed by atoms with Crippen LogP contribution in [0.1, 0.15) is 29.8 Å². The topological polar surface area (TPSA) is 29.9 Å². The van der Waals surface area contributed by atoms with Crippen LogP contribution in [0.5, 0.6) is 0 Å². The van der Waals surface area contributed by atoms with Crippen LogP contribution in [0.25, 0.3) is 0 Å². The summed E-state index contributed by atoms with van der Waals surface area (Å²) in [7, 11) is 1.94. The predicted molar refractivity (Wildman–Crippen MR) is 69.6 cm³/mol. The summed E-state index contributed by atoms with van der Waals surface area (Å²) >= 11 is 0. The van der Waals surface area contributed by atoms with Gasteiger partial charge in [0.15, 0.2) is 0 Å². The first-order valence-electron chi connectivity index (χ1n) is 5.93. The molecule has 1 heterocycles. The number of nitrogens with zero attached hydrogens (tertiary/aromatic N) is 2. The van der Waals surface area contributed by atoms with Gasteiger partial charge < -0.3 is 5.32 Å². The summed E-state index contributed by atoms with van der Waals surface area (Å²) < 4.78 is 1.83. The molecule has 0 saturated carbocycles. The van der Waals surface area contributed by atoms with Gasteiger partial charge in [-0.25, -0.2) is 0 Å². The Morgan fingerprint density at radius 2 is 1.94 bits per heavy atom. The van der Waals surface area contributed by atoms with Crippen LogP contribution < -0.4 is 5.32 Å². The highest BCUT2D eigenvalue weighted by atomic mass is 15.3. The van der Waals surface area contributed by atoms with E-state index in [1.807, 2.05) is 24.0 Å². The van der Waals surface area contributed by atoms with Gasteiger partial charge in [-0.1, -0.05) is 29.8 Å². The molecule has 1 N–H and O–H groups in total. The molecule has 17 heavy (non-hydrogen) atoms. The molecule has 0 aliphatic heterocycles. The van der Waals surface area contributed by atoms with Gasteiger partial charge >= 0.3 is 0 Å². The highest BCUT2D eigenvalue weighted by molar-refractivity contribution is 5.23. The van der Waals surface area contributed by atoms with Crippen LogP contribution in [-0.4, -0.2) is 9.78 Å². The Kier molecular flexibility index (Phi) is 3.59. The van der Waals surface area contributed by atoms with Crippen molar-refractivity contribution in [3.63, 3.8) is 0 Å². The molecule has 0 aliphatic rings. The molecule has 2 rings (SSSR count). The first-order valence-corrected chi connectivity index (χ1v) is 5.93. The van der Waals surface area contributed by atoms with Gasteiger partial charge in [0.05, 0.1) is 5.69 Å². The molecule has 2 aromatic rings. The monoisotopic (exact) mass is 229 g/mol. The number of nitrogens with one attached hydrogen (secondary N) is 1. The van der Waals surface area contributed by atoms with Crippen LogP contribution in [0.15, 0.2) is 36.5 Å². The Balaban J connectivity index is 1.93. The van der Waals surface area contributed by atoms with E-state index in [2.05, 4.69) is 48.5 Å². The standard InChI is InChI=1S/C14H19N3/c1-11-4-6-13(7-5-11)12(2)15-10-14-8-9-17(3)16-14/h4-9,12,15H,10H2,1-3H3. The maximum Gasteiger partial charge on any atom is 0.0762 e. The van der Waals surface area contributed by atoms with E-state index in [4.69, 9.17) is 0 Å². The van der Waals surface area contributed by atoms with Crippen molar-refractivity contribution in [1.29, 1.82) is 0 Å². The zero-order chi connectivity index (χ0) is 12.3. The fourth-order valence-corrected chi connectivity index (χ4v) is 1.79. The lowest BCUT2D eigenvalue weighted by Gasteiger charge is -2.13. The van der Waals surface area contributed by atoms with Crippen LogP contribution in [0, 0.1) is 6.92 Å². The molecule has 90 valence electrons. The zero-order valence-corrected chi connectivity index (χ0v) is 10.6. The van der Waals surface area contributed by atoms with Gasteiger partial charge in [0, 0.05) is 25.8 Å².